The van der Waals surface area contributed by atoms with Crippen LogP contribution in [-0.2, 0) is 9.59 Å². The molecule has 0 aromatic carbocycles. The van der Waals surface area contributed by atoms with Crippen molar-refractivity contribution < 1.29 is 9.59 Å². The summed E-state index contributed by atoms with van der Waals surface area (Å²) >= 11 is 10.8. The zero-order chi connectivity index (χ0) is 29.8. The average Bonchev–Trinajstić information content (AvgIpc) is 3.62. The highest BCUT2D eigenvalue weighted by Gasteiger charge is 2.35. The maximum absolute atomic E-state index is 12.4. The number of carbonyl (C=O) groups is 2. The fourth-order valence-corrected chi connectivity index (χ4v) is 13.9. The van der Waals surface area contributed by atoms with Gasteiger partial charge >= 0.3 is 0 Å². The maximum Gasteiger partial charge on any atom is 0.193 e. The van der Waals surface area contributed by atoms with E-state index in [9.17, 15) is 9.59 Å². The molecule has 0 aromatic heterocycles. The lowest BCUT2D eigenvalue weighted by Gasteiger charge is -2.06. The number of thioether (sulfide) groups is 6. The SMILES string of the molecule is CCCCCCCCCCCCSC1=C(SCCCCCCCCCCCC)SC(=C2SC3=C(S2)C(=O)C=CC3=O)S1. The van der Waals surface area contributed by atoms with Crippen LogP contribution in [0.2, 0.25) is 0 Å². The third-order valence-electron chi connectivity index (χ3n) is 7.60. The van der Waals surface area contributed by atoms with Crippen molar-refractivity contribution in [2.24, 2.45) is 0 Å². The van der Waals surface area contributed by atoms with Gasteiger partial charge in [0.15, 0.2) is 11.6 Å². The molecule has 0 N–H and O–H groups in total. The molecule has 2 aliphatic heterocycles. The Kier molecular flexibility index (Phi) is 20.0. The lowest BCUT2D eigenvalue weighted by Crippen LogP contribution is -2.07. The molecule has 3 aliphatic rings. The first-order chi connectivity index (χ1) is 20.6. The smallest absolute Gasteiger partial charge is 0.193 e. The Hall–Kier alpha value is 0.400. The van der Waals surface area contributed by atoms with Gasteiger partial charge in [-0.2, -0.15) is 0 Å². The maximum atomic E-state index is 12.4. The minimum absolute atomic E-state index is 0.0234. The van der Waals surface area contributed by atoms with E-state index in [1.54, 1.807) is 0 Å². The second-order valence-corrected chi connectivity index (χ2v) is 18.7. The highest BCUT2D eigenvalue weighted by Crippen LogP contribution is 2.64. The zero-order valence-corrected chi connectivity index (χ0v) is 30.9. The monoisotopic (exact) mass is 684 g/mol. The molecule has 0 amide bonds. The van der Waals surface area contributed by atoms with Crippen molar-refractivity contribution in [1.82, 2.24) is 0 Å². The molecule has 0 atom stereocenters. The summed E-state index contributed by atoms with van der Waals surface area (Å²) in [7, 11) is 0. The summed E-state index contributed by atoms with van der Waals surface area (Å²) in [6.07, 6.45) is 30.3. The molecule has 0 aromatic rings. The largest absolute Gasteiger partial charge is 0.289 e. The van der Waals surface area contributed by atoms with Crippen LogP contribution in [0.5, 0.6) is 0 Å². The van der Waals surface area contributed by atoms with Crippen molar-refractivity contribution in [2.75, 3.05) is 11.5 Å². The highest BCUT2D eigenvalue weighted by molar-refractivity contribution is 8.42. The van der Waals surface area contributed by atoms with Crippen LogP contribution in [-0.4, -0.2) is 23.1 Å². The van der Waals surface area contributed by atoms with E-state index < -0.39 is 0 Å². The van der Waals surface area contributed by atoms with Gasteiger partial charge in [0, 0.05) is 0 Å². The predicted molar refractivity (Wildman–Crippen MR) is 199 cm³/mol. The molecule has 1 aliphatic carbocycles. The Morgan fingerprint density at radius 2 is 0.762 bits per heavy atom. The van der Waals surface area contributed by atoms with Gasteiger partial charge in [-0.1, -0.05) is 176 Å². The van der Waals surface area contributed by atoms with E-state index in [4.69, 9.17) is 0 Å². The van der Waals surface area contributed by atoms with E-state index in [-0.39, 0.29) is 11.6 Å². The van der Waals surface area contributed by atoms with Gasteiger partial charge in [-0.15, -0.1) is 23.5 Å². The summed E-state index contributed by atoms with van der Waals surface area (Å²) in [4.78, 5) is 26.0. The molecule has 42 heavy (non-hydrogen) atoms. The first-order valence-electron chi connectivity index (χ1n) is 16.6. The van der Waals surface area contributed by atoms with Crippen LogP contribution < -0.4 is 0 Å². The number of carbonyl (C=O) groups excluding carboxylic acids is 2. The second-order valence-electron chi connectivity index (χ2n) is 11.3. The van der Waals surface area contributed by atoms with Crippen LogP contribution in [0.1, 0.15) is 142 Å². The number of rotatable bonds is 24. The van der Waals surface area contributed by atoms with Crippen molar-refractivity contribution in [2.45, 2.75) is 142 Å². The van der Waals surface area contributed by atoms with Crippen LogP contribution >= 0.6 is 70.6 Å². The lowest BCUT2D eigenvalue weighted by atomic mass is 10.1. The van der Waals surface area contributed by atoms with Gasteiger partial charge in [-0.3, -0.25) is 9.59 Å². The molecule has 2 heterocycles. The van der Waals surface area contributed by atoms with E-state index in [0.29, 0.717) is 9.81 Å². The van der Waals surface area contributed by atoms with E-state index in [0.717, 1.165) is 4.24 Å². The van der Waals surface area contributed by atoms with Crippen molar-refractivity contribution in [3.05, 3.63) is 38.9 Å². The summed E-state index contributed by atoms with van der Waals surface area (Å²) in [5, 5.41) is 0. The molecule has 0 radical (unpaired) electrons. The number of unbranched alkanes of at least 4 members (excludes halogenated alkanes) is 18. The Bertz CT molecular complexity index is 909. The molecule has 0 bridgehead atoms. The third-order valence-corrected chi connectivity index (χ3v) is 16.4. The van der Waals surface area contributed by atoms with Crippen molar-refractivity contribution in [1.29, 1.82) is 0 Å². The van der Waals surface area contributed by atoms with Crippen LogP contribution in [0, 0.1) is 0 Å². The minimum Gasteiger partial charge on any atom is -0.289 e. The van der Waals surface area contributed by atoms with E-state index in [1.165, 1.54) is 188 Å². The fourth-order valence-electron chi connectivity index (χ4n) is 5.05. The standard InChI is InChI=1S/C34H52O2S6/c1-3-5-7-9-11-13-15-17-19-21-25-37-31-32(38-26-22-20-18-16-14-12-10-8-6-4-2)42-34(41-31)33-39-29-27(35)23-24-28(36)30(29)40-33/h23-24H,3-22,25-26H2,1-2H3. The van der Waals surface area contributed by atoms with Gasteiger partial charge in [-0.05, 0) is 36.5 Å². The van der Waals surface area contributed by atoms with E-state index >= 15 is 0 Å². The normalized spacial score (nSPS) is 17.0. The van der Waals surface area contributed by atoms with Gasteiger partial charge in [0.1, 0.15) is 0 Å². The lowest BCUT2D eigenvalue weighted by molar-refractivity contribution is -0.114. The molecule has 236 valence electrons. The quantitative estimate of drug-likeness (QED) is 0.0734. The topological polar surface area (TPSA) is 34.1 Å². The van der Waals surface area contributed by atoms with Gasteiger partial charge in [0.2, 0.25) is 0 Å². The summed E-state index contributed by atoms with van der Waals surface area (Å²) in [5.41, 5.74) is 0. The summed E-state index contributed by atoms with van der Waals surface area (Å²) in [5.74, 6) is 2.31. The van der Waals surface area contributed by atoms with Crippen LogP contribution in [0.4, 0.5) is 0 Å². The number of ketones is 2. The molecule has 0 fully saturated rings. The van der Waals surface area contributed by atoms with E-state index in [1.807, 2.05) is 47.0 Å². The Morgan fingerprint density at radius 3 is 1.12 bits per heavy atom. The van der Waals surface area contributed by atoms with E-state index in [2.05, 4.69) is 13.8 Å². The molecule has 2 nitrogen and oxygen atoms in total. The Labute approximate surface area is 282 Å². The molecular weight excluding hydrogens is 633 g/mol. The Balaban J connectivity index is 1.40. The molecule has 0 spiro atoms. The first kappa shape index (κ1) is 36.9. The fraction of sp³-hybridized carbons (Fsp3) is 0.706. The molecule has 0 saturated heterocycles. The summed E-state index contributed by atoms with van der Waals surface area (Å²) < 4.78 is 5.26. The van der Waals surface area contributed by atoms with Gasteiger partial charge < -0.3 is 0 Å². The predicted octanol–water partition coefficient (Wildman–Crippen LogP) is 13.4. The van der Waals surface area contributed by atoms with Crippen LogP contribution in [0.15, 0.2) is 38.9 Å². The van der Waals surface area contributed by atoms with Gasteiger partial charge in [0.05, 0.1) is 26.8 Å². The zero-order valence-electron chi connectivity index (χ0n) is 26.0. The molecular formula is C34H52O2S6. The van der Waals surface area contributed by atoms with Gasteiger partial charge in [-0.25, -0.2) is 0 Å². The highest BCUT2D eigenvalue weighted by atomic mass is 32.3. The number of hydrogen-bond acceptors (Lipinski definition) is 8. The Morgan fingerprint density at radius 1 is 0.452 bits per heavy atom. The number of hydrogen-bond donors (Lipinski definition) is 0. The summed E-state index contributed by atoms with van der Waals surface area (Å²) in [6.45, 7) is 4.57. The van der Waals surface area contributed by atoms with Crippen molar-refractivity contribution >= 4 is 82.1 Å². The molecule has 0 saturated carbocycles. The van der Waals surface area contributed by atoms with Gasteiger partial charge in [0.25, 0.3) is 0 Å². The molecule has 3 rings (SSSR count). The molecule has 8 heteroatoms. The van der Waals surface area contributed by atoms with Crippen LogP contribution in [0.25, 0.3) is 0 Å². The minimum atomic E-state index is -0.0234. The van der Waals surface area contributed by atoms with Crippen molar-refractivity contribution in [3.63, 3.8) is 0 Å². The summed E-state index contributed by atoms with van der Waals surface area (Å²) in [6, 6.07) is 0. The van der Waals surface area contributed by atoms with Crippen molar-refractivity contribution in [3.8, 4) is 0 Å². The first-order valence-corrected chi connectivity index (χ1v) is 21.8. The second kappa shape index (κ2) is 22.8. The number of allylic oxidation sites excluding steroid dienone is 4. The molecule has 0 unspecified atom stereocenters. The average molecular weight is 685 g/mol. The third kappa shape index (κ3) is 13.8. The van der Waals surface area contributed by atoms with Crippen LogP contribution in [0.3, 0.4) is 0 Å².